The fraction of sp³-hybridized carbons (Fsp3) is 0.250. The van der Waals surface area contributed by atoms with Crippen LogP contribution >= 0.6 is 0 Å². The monoisotopic (exact) mass is 346 g/mol. The van der Waals surface area contributed by atoms with E-state index in [4.69, 9.17) is 9.47 Å². The highest BCUT2D eigenvalue weighted by atomic mass is 16.5. The molecule has 3 aromatic rings. The molecule has 0 aliphatic rings. The molecule has 2 heteroatoms. The van der Waals surface area contributed by atoms with E-state index in [1.165, 1.54) is 11.1 Å². The normalized spacial score (nSPS) is 11.3. The van der Waals surface area contributed by atoms with Crippen LogP contribution in [0.5, 0.6) is 11.5 Å². The predicted molar refractivity (Wildman–Crippen MR) is 108 cm³/mol. The van der Waals surface area contributed by atoms with Crippen LogP contribution in [0, 0.1) is 6.92 Å². The van der Waals surface area contributed by atoms with Crippen molar-refractivity contribution in [2.75, 3.05) is 14.2 Å². The Balaban J connectivity index is 2.19. The zero-order valence-electron chi connectivity index (χ0n) is 16.2. The number of methoxy groups -OCH3 is 2. The van der Waals surface area contributed by atoms with Gasteiger partial charge in [-0.3, -0.25) is 0 Å². The van der Waals surface area contributed by atoms with Gasteiger partial charge in [-0.2, -0.15) is 0 Å². The minimum Gasteiger partial charge on any atom is -0.496 e. The predicted octanol–water partition coefficient (Wildman–Crippen LogP) is 6.01. The molecule has 0 unspecified atom stereocenters. The van der Waals surface area contributed by atoms with Gasteiger partial charge in [0.25, 0.3) is 0 Å². The second-order valence-corrected chi connectivity index (χ2v) is 7.12. The van der Waals surface area contributed by atoms with Gasteiger partial charge in [-0.25, -0.2) is 0 Å². The molecule has 0 saturated heterocycles. The van der Waals surface area contributed by atoms with Crippen molar-refractivity contribution in [1.29, 1.82) is 0 Å². The molecule has 3 aromatic carbocycles. The van der Waals surface area contributed by atoms with Crippen molar-refractivity contribution >= 4 is 0 Å². The molecule has 134 valence electrons. The van der Waals surface area contributed by atoms with Gasteiger partial charge in [0.1, 0.15) is 11.5 Å². The first-order valence-electron chi connectivity index (χ1n) is 8.86. The van der Waals surface area contributed by atoms with Crippen LogP contribution in [-0.4, -0.2) is 14.2 Å². The zero-order chi connectivity index (χ0) is 18.7. The van der Waals surface area contributed by atoms with Gasteiger partial charge in [0.15, 0.2) is 0 Å². The van der Waals surface area contributed by atoms with Gasteiger partial charge in [0.2, 0.25) is 0 Å². The summed E-state index contributed by atoms with van der Waals surface area (Å²) in [5.74, 6) is 1.66. The Morgan fingerprint density at radius 1 is 0.692 bits per heavy atom. The zero-order valence-corrected chi connectivity index (χ0v) is 16.2. The van der Waals surface area contributed by atoms with E-state index in [-0.39, 0.29) is 5.41 Å². The largest absolute Gasteiger partial charge is 0.496 e. The Kier molecular flexibility index (Phi) is 5.03. The molecule has 0 aliphatic heterocycles. The van der Waals surface area contributed by atoms with Crippen LogP contribution in [0.15, 0.2) is 66.7 Å². The Bertz CT molecular complexity index is 870. The minimum absolute atomic E-state index is 0.160. The van der Waals surface area contributed by atoms with Gasteiger partial charge in [-0.1, -0.05) is 74.0 Å². The SMILES string of the molecule is COc1cc(C(C)(C)c2ccccc2)cc(OC)c1-c1cccc(C)c1. The molecule has 2 nitrogen and oxygen atoms in total. The van der Waals surface area contributed by atoms with Crippen LogP contribution < -0.4 is 9.47 Å². The van der Waals surface area contributed by atoms with E-state index in [0.717, 1.165) is 28.2 Å². The maximum absolute atomic E-state index is 5.77. The molecule has 0 spiro atoms. The fourth-order valence-corrected chi connectivity index (χ4v) is 3.38. The summed E-state index contributed by atoms with van der Waals surface area (Å²) in [5, 5.41) is 0. The lowest BCUT2D eigenvalue weighted by atomic mass is 9.77. The van der Waals surface area contributed by atoms with Crippen molar-refractivity contribution in [3.05, 3.63) is 83.4 Å². The van der Waals surface area contributed by atoms with Crippen LogP contribution in [-0.2, 0) is 5.41 Å². The van der Waals surface area contributed by atoms with Gasteiger partial charge < -0.3 is 9.47 Å². The third kappa shape index (κ3) is 3.32. The fourth-order valence-electron chi connectivity index (χ4n) is 3.38. The smallest absolute Gasteiger partial charge is 0.130 e. The summed E-state index contributed by atoms with van der Waals surface area (Å²) in [6, 6.07) is 23.2. The summed E-state index contributed by atoms with van der Waals surface area (Å²) in [5.41, 5.74) is 5.56. The van der Waals surface area contributed by atoms with Crippen LogP contribution in [0.25, 0.3) is 11.1 Å². The second-order valence-electron chi connectivity index (χ2n) is 7.12. The number of rotatable bonds is 5. The number of ether oxygens (including phenoxy) is 2. The molecular formula is C24H26O2. The lowest BCUT2D eigenvalue weighted by Gasteiger charge is -2.28. The van der Waals surface area contributed by atoms with Crippen molar-refractivity contribution in [1.82, 2.24) is 0 Å². The van der Waals surface area contributed by atoms with Gasteiger partial charge in [0.05, 0.1) is 19.8 Å². The molecular weight excluding hydrogens is 320 g/mol. The first kappa shape index (κ1) is 18.1. The van der Waals surface area contributed by atoms with Crippen molar-refractivity contribution in [2.45, 2.75) is 26.2 Å². The molecule has 0 N–H and O–H groups in total. The maximum atomic E-state index is 5.77. The second kappa shape index (κ2) is 7.25. The lowest BCUT2D eigenvalue weighted by molar-refractivity contribution is 0.394. The Hall–Kier alpha value is -2.74. The molecule has 26 heavy (non-hydrogen) atoms. The minimum atomic E-state index is -0.160. The van der Waals surface area contributed by atoms with E-state index in [9.17, 15) is 0 Å². The number of hydrogen-bond donors (Lipinski definition) is 0. The van der Waals surface area contributed by atoms with Gasteiger partial charge >= 0.3 is 0 Å². The van der Waals surface area contributed by atoms with Crippen molar-refractivity contribution in [3.63, 3.8) is 0 Å². The highest BCUT2D eigenvalue weighted by Crippen LogP contribution is 2.43. The summed E-state index contributed by atoms with van der Waals surface area (Å²) >= 11 is 0. The highest BCUT2D eigenvalue weighted by molar-refractivity contribution is 5.78. The molecule has 0 radical (unpaired) electrons. The number of aryl methyl sites for hydroxylation is 1. The molecule has 0 saturated carbocycles. The lowest BCUT2D eigenvalue weighted by Crippen LogP contribution is -2.19. The van der Waals surface area contributed by atoms with Crippen molar-refractivity contribution in [3.8, 4) is 22.6 Å². The van der Waals surface area contributed by atoms with Gasteiger partial charge in [-0.05, 0) is 35.7 Å². The van der Waals surface area contributed by atoms with Gasteiger partial charge in [-0.15, -0.1) is 0 Å². The average molecular weight is 346 g/mol. The van der Waals surface area contributed by atoms with E-state index in [0.29, 0.717) is 0 Å². The summed E-state index contributed by atoms with van der Waals surface area (Å²) in [4.78, 5) is 0. The quantitative estimate of drug-likeness (QED) is 0.563. The maximum Gasteiger partial charge on any atom is 0.130 e. The summed E-state index contributed by atoms with van der Waals surface area (Å²) in [6.07, 6.45) is 0. The summed E-state index contributed by atoms with van der Waals surface area (Å²) in [7, 11) is 3.43. The van der Waals surface area contributed by atoms with Gasteiger partial charge in [0, 0.05) is 5.41 Å². The van der Waals surface area contributed by atoms with Crippen LogP contribution in [0.4, 0.5) is 0 Å². The number of benzene rings is 3. The molecule has 3 rings (SSSR count). The molecule has 0 heterocycles. The summed E-state index contributed by atoms with van der Waals surface area (Å²) in [6.45, 7) is 6.54. The molecule has 0 fully saturated rings. The van der Waals surface area contributed by atoms with E-state index < -0.39 is 0 Å². The molecule has 0 aliphatic carbocycles. The standard InChI is InChI=1S/C24H26O2/c1-17-10-9-11-18(14-17)23-21(25-4)15-20(16-22(23)26-5)24(2,3)19-12-7-6-8-13-19/h6-16H,1-5H3. The average Bonchev–Trinajstić information content (AvgIpc) is 2.67. The number of hydrogen-bond acceptors (Lipinski definition) is 2. The third-order valence-electron chi connectivity index (χ3n) is 5.03. The highest BCUT2D eigenvalue weighted by Gasteiger charge is 2.26. The third-order valence-corrected chi connectivity index (χ3v) is 5.03. The van der Waals surface area contributed by atoms with Crippen LogP contribution in [0.3, 0.4) is 0 Å². The Morgan fingerprint density at radius 2 is 1.31 bits per heavy atom. The first-order chi connectivity index (χ1) is 12.5. The van der Waals surface area contributed by atoms with Crippen molar-refractivity contribution in [2.24, 2.45) is 0 Å². The van der Waals surface area contributed by atoms with Crippen LogP contribution in [0.1, 0.15) is 30.5 Å². The van der Waals surface area contributed by atoms with E-state index in [1.807, 2.05) is 6.07 Å². The molecule has 0 amide bonds. The van der Waals surface area contributed by atoms with E-state index in [2.05, 4.69) is 81.4 Å². The summed E-state index contributed by atoms with van der Waals surface area (Å²) < 4.78 is 11.5. The first-order valence-corrected chi connectivity index (χ1v) is 8.86. The topological polar surface area (TPSA) is 18.5 Å². The Morgan fingerprint density at radius 3 is 1.85 bits per heavy atom. The van der Waals surface area contributed by atoms with Crippen LogP contribution in [0.2, 0.25) is 0 Å². The molecule has 0 bridgehead atoms. The Labute approximate surface area is 156 Å². The molecule has 0 aromatic heterocycles. The van der Waals surface area contributed by atoms with E-state index >= 15 is 0 Å². The molecule has 0 atom stereocenters. The van der Waals surface area contributed by atoms with E-state index in [1.54, 1.807) is 14.2 Å². The van der Waals surface area contributed by atoms with Crippen molar-refractivity contribution < 1.29 is 9.47 Å².